The smallest absolute Gasteiger partial charge is 0.185 e. The van der Waals surface area contributed by atoms with Crippen LogP contribution in [0.4, 0.5) is 0 Å². The van der Waals surface area contributed by atoms with Gasteiger partial charge in [0.05, 0.1) is 6.10 Å². The van der Waals surface area contributed by atoms with E-state index in [0.29, 0.717) is 5.92 Å². The van der Waals surface area contributed by atoms with Gasteiger partial charge in [0.2, 0.25) is 0 Å². The molecule has 3 aliphatic rings. The zero-order valence-corrected chi connectivity index (χ0v) is 15.3. The van der Waals surface area contributed by atoms with Gasteiger partial charge in [0.1, 0.15) is 6.10 Å². The van der Waals surface area contributed by atoms with Crippen LogP contribution in [0.5, 0.6) is 0 Å². The molecule has 0 bridgehead atoms. The van der Waals surface area contributed by atoms with Crippen molar-refractivity contribution in [3.63, 3.8) is 0 Å². The van der Waals surface area contributed by atoms with E-state index in [0.717, 1.165) is 12.8 Å². The summed E-state index contributed by atoms with van der Waals surface area (Å²) < 4.78 is 6.22. The monoisotopic (exact) mass is 328 g/mol. The number of ether oxygens (including phenoxy) is 1. The minimum absolute atomic E-state index is 0.0119. The summed E-state index contributed by atoms with van der Waals surface area (Å²) in [5.74, 6) is 1.01. The fourth-order valence-electron chi connectivity index (χ4n) is 4.49. The molecule has 0 N–H and O–H groups in total. The molecule has 2 nitrogen and oxygen atoms in total. The van der Waals surface area contributed by atoms with Gasteiger partial charge in [-0.15, -0.1) is 0 Å². The topological polar surface area (TPSA) is 26.3 Å². The molecule has 4 atom stereocenters. The summed E-state index contributed by atoms with van der Waals surface area (Å²) in [6.45, 7) is 4.41. The van der Waals surface area contributed by atoms with Crippen LogP contribution in [0, 0.1) is 11.8 Å². The quantitative estimate of drug-likeness (QED) is 0.453. The van der Waals surface area contributed by atoms with E-state index in [4.69, 9.17) is 4.74 Å². The van der Waals surface area contributed by atoms with Crippen molar-refractivity contribution in [1.82, 2.24) is 0 Å². The van der Waals surface area contributed by atoms with Crippen LogP contribution < -0.4 is 0 Å². The Bertz CT molecular complexity index is 540. The number of carbonyl (C=O) groups is 1. The Morgan fingerprint density at radius 1 is 1.25 bits per heavy atom. The molecule has 2 heteroatoms. The SMILES string of the molecule is CCCCCCC/C=C/[C@@H]1O[C@@H]2C(=O)C=C3CCC[C@@H]3[C@H]2C=C1C. The number of allylic oxidation sites excluding steroid dienone is 2. The summed E-state index contributed by atoms with van der Waals surface area (Å²) in [7, 11) is 0. The lowest BCUT2D eigenvalue weighted by Crippen LogP contribution is -2.43. The Morgan fingerprint density at radius 2 is 2.08 bits per heavy atom. The molecule has 132 valence electrons. The molecule has 1 saturated carbocycles. The van der Waals surface area contributed by atoms with Crippen LogP contribution in [0.1, 0.15) is 71.6 Å². The fourth-order valence-corrected chi connectivity index (χ4v) is 4.49. The largest absolute Gasteiger partial charge is 0.358 e. The molecular weight excluding hydrogens is 296 g/mol. The molecule has 3 rings (SSSR count). The normalized spacial score (nSPS) is 32.5. The van der Waals surface area contributed by atoms with Crippen LogP contribution in [0.2, 0.25) is 0 Å². The van der Waals surface area contributed by atoms with E-state index in [1.54, 1.807) is 0 Å². The number of rotatable bonds is 7. The first kappa shape index (κ1) is 17.7. The van der Waals surface area contributed by atoms with Crippen molar-refractivity contribution in [3.8, 4) is 0 Å². The molecule has 24 heavy (non-hydrogen) atoms. The van der Waals surface area contributed by atoms with Crippen molar-refractivity contribution >= 4 is 5.78 Å². The Hall–Kier alpha value is -1.15. The van der Waals surface area contributed by atoms with Gasteiger partial charge in [-0.05, 0) is 56.6 Å². The number of carbonyl (C=O) groups excluding carboxylic acids is 1. The Kier molecular flexibility index (Phi) is 6.10. The summed E-state index contributed by atoms with van der Waals surface area (Å²) in [6.07, 6.45) is 19.6. The van der Waals surface area contributed by atoms with Crippen LogP contribution in [-0.4, -0.2) is 18.0 Å². The third-order valence-electron chi connectivity index (χ3n) is 5.86. The number of unbranched alkanes of at least 4 members (excludes halogenated alkanes) is 5. The lowest BCUT2D eigenvalue weighted by Gasteiger charge is -2.39. The van der Waals surface area contributed by atoms with Crippen molar-refractivity contribution in [2.75, 3.05) is 0 Å². The van der Waals surface area contributed by atoms with Crippen LogP contribution in [-0.2, 0) is 9.53 Å². The predicted molar refractivity (Wildman–Crippen MR) is 98.9 cm³/mol. The summed E-state index contributed by atoms with van der Waals surface area (Å²) in [5.41, 5.74) is 2.65. The highest BCUT2D eigenvalue weighted by molar-refractivity contribution is 5.96. The van der Waals surface area contributed by atoms with Crippen LogP contribution >= 0.6 is 0 Å². The molecular formula is C22H32O2. The summed E-state index contributed by atoms with van der Waals surface area (Å²) in [4.78, 5) is 12.4. The number of hydrogen-bond acceptors (Lipinski definition) is 2. The second kappa shape index (κ2) is 8.29. The third-order valence-corrected chi connectivity index (χ3v) is 5.86. The zero-order valence-electron chi connectivity index (χ0n) is 15.3. The second-order valence-corrected chi connectivity index (χ2v) is 7.72. The first-order valence-corrected chi connectivity index (χ1v) is 9.95. The van der Waals surface area contributed by atoms with Gasteiger partial charge in [0.15, 0.2) is 5.78 Å². The van der Waals surface area contributed by atoms with Crippen molar-refractivity contribution < 1.29 is 9.53 Å². The van der Waals surface area contributed by atoms with Crippen LogP contribution in [0.15, 0.2) is 35.5 Å². The van der Waals surface area contributed by atoms with Gasteiger partial charge < -0.3 is 4.74 Å². The molecule has 0 aromatic heterocycles. The molecule has 0 saturated heterocycles. The molecule has 0 aromatic carbocycles. The molecule has 0 spiro atoms. The van der Waals surface area contributed by atoms with E-state index >= 15 is 0 Å². The lowest BCUT2D eigenvalue weighted by molar-refractivity contribution is -0.133. The van der Waals surface area contributed by atoms with Gasteiger partial charge in [0.25, 0.3) is 0 Å². The first-order chi connectivity index (χ1) is 11.7. The third kappa shape index (κ3) is 3.91. The van der Waals surface area contributed by atoms with E-state index in [1.807, 2.05) is 6.08 Å². The number of ketones is 1. The minimum Gasteiger partial charge on any atom is -0.358 e. The summed E-state index contributed by atoms with van der Waals surface area (Å²) >= 11 is 0. The van der Waals surface area contributed by atoms with E-state index in [1.165, 1.54) is 56.1 Å². The minimum atomic E-state index is -0.250. The first-order valence-electron chi connectivity index (χ1n) is 9.95. The maximum Gasteiger partial charge on any atom is 0.185 e. The maximum absolute atomic E-state index is 12.4. The second-order valence-electron chi connectivity index (χ2n) is 7.72. The average molecular weight is 328 g/mol. The van der Waals surface area contributed by atoms with Gasteiger partial charge in [-0.25, -0.2) is 0 Å². The molecule has 0 amide bonds. The van der Waals surface area contributed by atoms with E-state index < -0.39 is 0 Å². The van der Waals surface area contributed by atoms with Crippen molar-refractivity contribution in [3.05, 3.63) is 35.5 Å². The van der Waals surface area contributed by atoms with Crippen LogP contribution in [0.3, 0.4) is 0 Å². The van der Waals surface area contributed by atoms with Crippen molar-refractivity contribution in [2.45, 2.75) is 83.8 Å². The Balaban J connectivity index is 1.56. The Labute approximate surface area is 147 Å². The van der Waals surface area contributed by atoms with E-state index in [9.17, 15) is 4.79 Å². The highest BCUT2D eigenvalue weighted by Crippen LogP contribution is 2.45. The highest BCUT2D eigenvalue weighted by Gasteiger charge is 2.43. The van der Waals surface area contributed by atoms with Crippen molar-refractivity contribution in [1.29, 1.82) is 0 Å². The standard InChI is InChI=1S/C22H32O2/c1-3-4-5-6-7-8-9-13-21-16(2)14-19-18-12-10-11-17(18)15-20(23)22(19)24-21/h9,13-15,18-19,21-22H,3-8,10-12H2,1-2H3/b13-9+/t18-,19+,21-,22-/m0/s1. The van der Waals surface area contributed by atoms with Gasteiger partial charge in [-0.2, -0.15) is 0 Å². The summed E-state index contributed by atoms with van der Waals surface area (Å²) in [5, 5.41) is 0. The van der Waals surface area contributed by atoms with Gasteiger partial charge in [0, 0.05) is 5.92 Å². The lowest BCUT2D eigenvalue weighted by atomic mass is 9.75. The van der Waals surface area contributed by atoms with E-state index in [-0.39, 0.29) is 23.9 Å². The maximum atomic E-state index is 12.4. The number of fused-ring (bicyclic) bond motifs is 3. The Morgan fingerprint density at radius 3 is 2.92 bits per heavy atom. The van der Waals surface area contributed by atoms with Gasteiger partial charge >= 0.3 is 0 Å². The fraction of sp³-hybridized carbons (Fsp3) is 0.682. The average Bonchev–Trinajstić information content (AvgIpc) is 3.03. The van der Waals surface area contributed by atoms with Gasteiger partial charge in [-0.3, -0.25) is 4.79 Å². The molecule has 1 fully saturated rings. The zero-order chi connectivity index (χ0) is 16.9. The molecule has 1 heterocycles. The van der Waals surface area contributed by atoms with Gasteiger partial charge in [-0.1, -0.05) is 56.4 Å². The predicted octanol–water partition coefficient (Wildman–Crippen LogP) is 5.54. The van der Waals surface area contributed by atoms with E-state index in [2.05, 4.69) is 32.1 Å². The highest BCUT2D eigenvalue weighted by atomic mass is 16.5. The molecule has 1 aliphatic heterocycles. The van der Waals surface area contributed by atoms with Crippen molar-refractivity contribution in [2.24, 2.45) is 11.8 Å². The molecule has 0 radical (unpaired) electrons. The number of hydrogen-bond donors (Lipinski definition) is 0. The molecule has 0 aromatic rings. The summed E-state index contributed by atoms with van der Waals surface area (Å²) in [6, 6.07) is 0. The van der Waals surface area contributed by atoms with Crippen LogP contribution in [0.25, 0.3) is 0 Å². The molecule has 2 aliphatic carbocycles. The molecule has 0 unspecified atom stereocenters.